The van der Waals surface area contributed by atoms with E-state index in [9.17, 15) is 9.18 Å². The van der Waals surface area contributed by atoms with Gasteiger partial charge >= 0.3 is 0 Å². The summed E-state index contributed by atoms with van der Waals surface area (Å²) < 4.78 is 16.3. The number of carbonyl (C=O) groups excluding carboxylic acids is 1. The van der Waals surface area contributed by atoms with Gasteiger partial charge in [0.1, 0.15) is 22.9 Å². The number of hydrogen-bond donors (Lipinski definition) is 1. The van der Waals surface area contributed by atoms with Gasteiger partial charge in [-0.2, -0.15) is 10.2 Å². The molecule has 1 atom stereocenters. The smallest absolute Gasteiger partial charge is 0.244 e. The molecule has 0 radical (unpaired) electrons. The van der Waals surface area contributed by atoms with Crippen LogP contribution in [0, 0.1) is 12.7 Å². The first-order valence-corrected chi connectivity index (χ1v) is 7.36. The number of hydrogen-bond acceptors (Lipinski definition) is 3. The zero-order chi connectivity index (χ0) is 16.6. The summed E-state index contributed by atoms with van der Waals surface area (Å²) in [4.78, 5) is 12.3. The highest BCUT2D eigenvalue weighted by molar-refractivity contribution is 5.81. The average molecular weight is 315 g/mol. The standard InChI is InChI=1S/C16H18FN5O/c1-10-15-14(21(3)19-10)9-22(20-15)11(2)16(23)18-8-12-4-6-13(17)7-5-12/h4-7,9,11H,8H2,1-3H3,(H,18,23)/t11-/m1/s1. The van der Waals surface area contributed by atoms with Crippen LogP contribution in [0.2, 0.25) is 0 Å². The summed E-state index contributed by atoms with van der Waals surface area (Å²) in [6, 6.07) is 5.61. The first kappa shape index (κ1) is 15.2. The molecule has 0 aliphatic carbocycles. The molecule has 2 heterocycles. The highest BCUT2D eigenvalue weighted by Gasteiger charge is 2.18. The number of aromatic nitrogens is 4. The summed E-state index contributed by atoms with van der Waals surface area (Å²) in [7, 11) is 1.85. The second-order valence-electron chi connectivity index (χ2n) is 5.57. The fourth-order valence-corrected chi connectivity index (χ4v) is 2.46. The van der Waals surface area contributed by atoms with E-state index in [0.717, 1.165) is 22.3 Å². The van der Waals surface area contributed by atoms with E-state index in [1.807, 2.05) is 20.2 Å². The second-order valence-corrected chi connectivity index (χ2v) is 5.57. The molecule has 120 valence electrons. The number of aryl methyl sites for hydroxylation is 2. The molecule has 0 aliphatic rings. The second kappa shape index (κ2) is 5.83. The van der Waals surface area contributed by atoms with Crippen molar-refractivity contribution in [3.63, 3.8) is 0 Å². The molecule has 0 unspecified atom stereocenters. The zero-order valence-electron chi connectivity index (χ0n) is 13.2. The molecular weight excluding hydrogens is 297 g/mol. The summed E-state index contributed by atoms with van der Waals surface area (Å²) >= 11 is 0. The molecule has 6 nitrogen and oxygen atoms in total. The van der Waals surface area contributed by atoms with Crippen molar-refractivity contribution in [2.24, 2.45) is 7.05 Å². The number of benzene rings is 1. The van der Waals surface area contributed by atoms with Gasteiger partial charge in [-0.25, -0.2) is 4.39 Å². The van der Waals surface area contributed by atoms with Crippen molar-refractivity contribution in [1.29, 1.82) is 0 Å². The van der Waals surface area contributed by atoms with Crippen LogP contribution in [-0.4, -0.2) is 25.5 Å². The van der Waals surface area contributed by atoms with Crippen LogP contribution < -0.4 is 5.32 Å². The Morgan fingerprint density at radius 2 is 2.00 bits per heavy atom. The van der Waals surface area contributed by atoms with Gasteiger partial charge in [0.2, 0.25) is 5.91 Å². The van der Waals surface area contributed by atoms with E-state index in [1.165, 1.54) is 12.1 Å². The predicted octanol–water partition coefficient (Wildman–Crippen LogP) is 2.09. The van der Waals surface area contributed by atoms with Gasteiger partial charge in [0.25, 0.3) is 0 Å². The van der Waals surface area contributed by atoms with Gasteiger partial charge in [-0.1, -0.05) is 12.1 Å². The quantitative estimate of drug-likeness (QED) is 0.802. The van der Waals surface area contributed by atoms with Crippen LogP contribution in [0.4, 0.5) is 4.39 Å². The summed E-state index contributed by atoms with van der Waals surface area (Å²) in [5.41, 5.74) is 3.36. The number of fused-ring (bicyclic) bond motifs is 1. The molecule has 23 heavy (non-hydrogen) atoms. The Balaban J connectivity index is 1.70. The van der Waals surface area contributed by atoms with Gasteiger partial charge < -0.3 is 5.32 Å². The fraction of sp³-hybridized carbons (Fsp3) is 0.312. The third kappa shape index (κ3) is 2.94. The van der Waals surface area contributed by atoms with Crippen LogP contribution in [0.1, 0.15) is 24.2 Å². The lowest BCUT2D eigenvalue weighted by atomic mass is 10.2. The lowest BCUT2D eigenvalue weighted by molar-refractivity contribution is -0.124. The van der Waals surface area contributed by atoms with Gasteiger partial charge in [-0.05, 0) is 31.5 Å². The third-order valence-corrected chi connectivity index (χ3v) is 3.86. The van der Waals surface area contributed by atoms with E-state index < -0.39 is 6.04 Å². The molecule has 1 amide bonds. The van der Waals surface area contributed by atoms with Crippen molar-refractivity contribution in [3.8, 4) is 0 Å². The maximum absolute atomic E-state index is 12.9. The maximum Gasteiger partial charge on any atom is 0.244 e. The van der Waals surface area contributed by atoms with Gasteiger partial charge in [-0.3, -0.25) is 14.2 Å². The lowest BCUT2D eigenvalue weighted by Gasteiger charge is -2.12. The minimum absolute atomic E-state index is 0.146. The number of carbonyl (C=O) groups is 1. The summed E-state index contributed by atoms with van der Waals surface area (Å²) in [5.74, 6) is -0.437. The first-order chi connectivity index (χ1) is 11.0. The van der Waals surface area contributed by atoms with E-state index >= 15 is 0 Å². The van der Waals surface area contributed by atoms with Crippen LogP contribution >= 0.6 is 0 Å². The maximum atomic E-state index is 12.9. The Hall–Kier alpha value is -2.70. The van der Waals surface area contributed by atoms with Gasteiger partial charge in [0.05, 0.1) is 11.9 Å². The summed E-state index contributed by atoms with van der Waals surface area (Å²) in [6.07, 6.45) is 1.82. The zero-order valence-corrected chi connectivity index (χ0v) is 13.2. The van der Waals surface area contributed by atoms with Crippen molar-refractivity contribution in [2.45, 2.75) is 26.4 Å². The molecule has 7 heteroatoms. The van der Waals surface area contributed by atoms with E-state index in [-0.39, 0.29) is 11.7 Å². The molecule has 0 spiro atoms. The predicted molar refractivity (Wildman–Crippen MR) is 84.2 cm³/mol. The van der Waals surface area contributed by atoms with Crippen LogP contribution in [0.25, 0.3) is 11.0 Å². The number of rotatable bonds is 4. The number of nitrogens with one attached hydrogen (secondary N) is 1. The summed E-state index contributed by atoms with van der Waals surface area (Å²) in [6.45, 7) is 4.03. The molecule has 0 bridgehead atoms. The molecule has 3 rings (SSSR count). The molecule has 1 N–H and O–H groups in total. The van der Waals surface area contributed by atoms with Crippen LogP contribution in [0.15, 0.2) is 30.5 Å². The molecule has 2 aromatic heterocycles. The van der Waals surface area contributed by atoms with Crippen molar-refractivity contribution in [1.82, 2.24) is 24.9 Å². The van der Waals surface area contributed by atoms with Crippen molar-refractivity contribution in [2.75, 3.05) is 0 Å². The SMILES string of the molecule is Cc1nn(C)c2cn([C@H](C)C(=O)NCc3ccc(F)cc3)nc12. The van der Waals surface area contributed by atoms with Crippen LogP contribution in [0.5, 0.6) is 0 Å². The molecule has 0 saturated heterocycles. The summed E-state index contributed by atoms with van der Waals surface area (Å²) in [5, 5.41) is 11.6. The molecular formula is C16H18FN5O. The van der Waals surface area contributed by atoms with Crippen molar-refractivity contribution < 1.29 is 9.18 Å². The molecule has 0 fully saturated rings. The van der Waals surface area contributed by atoms with Gasteiger partial charge in [-0.15, -0.1) is 0 Å². The minimum atomic E-state index is -0.442. The van der Waals surface area contributed by atoms with Crippen LogP contribution in [-0.2, 0) is 18.4 Å². The Morgan fingerprint density at radius 1 is 1.30 bits per heavy atom. The largest absolute Gasteiger partial charge is 0.350 e. The minimum Gasteiger partial charge on any atom is -0.350 e. The Kier molecular flexibility index (Phi) is 3.85. The Labute approximate surface area is 132 Å². The van der Waals surface area contributed by atoms with E-state index in [4.69, 9.17) is 0 Å². The Bertz CT molecular complexity index is 815. The molecule has 3 aromatic rings. The number of nitrogens with zero attached hydrogens (tertiary/aromatic N) is 4. The van der Waals surface area contributed by atoms with Crippen molar-refractivity contribution in [3.05, 3.63) is 47.5 Å². The average Bonchev–Trinajstić information content (AvgIpc) is 3.08. The van der Waals surface area contributed by atoms with Gasteiger partial charge in [0.15, 0.2) is 0 Å². The van der Waals surface area contributed by atoms with Crippen molar-refractivity contribution >= 4 is 16.9 Å². The van der Waals surface area contributed by atoms with E-state index in [1.54, 1.807) is 28.4 Å². The topological polar surface area (TPSA) is 64.7 Å². The molecule has 0 aliphatic heterocycles. The Morgan fingerprint density at radius 3 is 2.65 bits per heavy atom. The third-order valence-electron chi connectivity index (χ3n) is 3.86. The monoisotopic (exact) mass is 315 g/mol. The fourth-order valence-electron chi connectivity index (χ4n) is 2.46. The normalized spacial score (nSPS) is 12.5. The van der Waals surface area contributed by atoms with E-state index in [2.05, 4.69) is 15.5 Å². The highest BCUT2D eigenvalue weighted by atomic mass is 19.1. The molecule has 1 aromatic carbocycles. The van der Waals surface area contributed by atoms with Gasteiger partial charge in [0, 0.05) is 13.6 Å². The first-order valence-electron chi connectivity index (χ1n) is 7.36. The lowest BCUT2D eigenvalue weighted by Crippen LogP contribution is -2.30. The number of halogens is 1. The molecule has 0 saturated carbocycles. The van der Waals surface area contributed by atoms with E-state index in [0.29, 0.717) is 6.54 Å². The number of amides is 1. The van der Waals surface area contributed by atoms with Crippen LogP contribution in [0.3, 0.4) is 0 Å². The highest BCUT2D eigenvalue weighted by Crippen LogP contribution is 2.17.